The Morgan fingerprint density at radius 3 is 2.39 bits per heavy atom. The number of hydrogen-bond donors (Lipinski definition) is 3. The van der Waals surface area contributed by atoms with Crippen LogP contribution in [0.4, 0.5) is 14.5 Å². The third kappa shape index (κ3) is 4.94. The van der Waals surface area contributed by atoms with E-state index in [1.165, 1.54) is 30.3 Å². The first-order valence-electron chi connectivity index (χ1n) is 10.1. The summed E-state index contributed by atoms with van der Waals surface area (Å²) in [5.74, 6) is -1.14. The fraction of sp³-hybridized carbons (Fsp3) is 0.125. The Labute approximate surface area is 189 Å². The molecule has 0 atom stereocenters. The van der Waals surface area contributed by atoms with Crippen molar-refractivity contribution in [2.45, 2.75) is 24.7 Å². The normalized spacial score (nSPS) is 11.6. The molecule has 0 radical (unpaired) electrons. The van der Waals surface area contributed by atoms with Crippen LogP contribution in [0, 0.1) is 18.6 Å². The Balaban J connectivity index is 1.60. The lowest BCUT2D eigenvalue weighted by Gasteiger charge is -2.10. The molecule has 0 spiro atoms. The highest BCUT2D eigenvalue weighted by molar-refractivity contribution is 7.89. The van der Waals surface area contributed by atoms with Gasteiger partial charge in [-0.3, -0.25) is 4.79 Å². The van der Waals surface area contributed by atoms with Gasteiger partial charge in [0, 0.05) is 28.7 Å². The maximum Gasteiger partial charge on any atom is 0.238 e. The van der Waals surface area contributed by atoms with Crippen LogP contribution in [0.3, 0.4) is 0 Å². The molecule has 0 aliphatic heterocycles. The summed E-state index contributed by atoms with van der Waals surface area (Å²) in [6, 6.07) is 14.7. The van der Waals surface area contributed by atoms with Gasteiger partial charge in [-0.2, -0.15) is 0 Å². The Morgan fingerprint density at radius 2 is 1.70 bits per heavy atom. The van der Waals surface area contributed by atoms with E-state index >= 15 is 0 Å². The first-order chi connectivity index (χ1) is 15.6. The number of benzene rings is 3. The maximum atomic E-state index is 13.9. The number of carbonyl (C=O) groups is 1. The number of H-pyrrole nitrogens is 1. The van der Waals surface area contributed by atoms with E-state index in [-0.39, 0.29) is 29.5 Å². The molecule has 0 unspecified atom stereocenters. The van der Waals surface area contributed by atoms with Crippen LogP contribution >= 0.6 is 0 Å². The van der Waals surface area contributed by atoms with Crippen LogP contribution in [0.5, 0.6) is 0 Å². The number of anilines is 1. The van der Waals surface area contributed by atoms with Crippen LogP contribution in [0.2, 0.25) is 0 Å². The number of amides is 1. The molecule has 33 heavy (non-hydrogen) atoms. The van der Waals surface area contributed by atoms with Gasteiger partial charge in [-0.15, -0.1) is 0 Å². The van der Waals surface area contributed by atoms with E-state index in [0.29, 0.717) is 33.4 Å². The van der Waals surface area contributed by atoms with Crippen LogP contribution < -0.4 is 10.5 Å². The SMILES string of the molecule is Cc1ccc(NC(=O)CCc2c(-c3ccc(F)cc3)[nH]c3ccc(F)cc23)cc1S(N)(=O)=O. The fourth-order valence-electron chi connectivity index (χ4n) is 3.79. The third-order valence-corrected chi connectivity index (χ3v) is 6.43. The number of halogens is 2. The number of aryl methyl sites for hydroxylation is 2. The minimum Gasteiger partial charge on any atom is -0.354 e. The predicted octanol–water partition coefficient (Wildman–Crippen LogP) is 4.64. The molecule has 9 heteroatoms. The van der Waals surface area contributed by atoms with Crippen LogP contribution in [0.1, 0.15) is 17.5 Å². The van der Waals surface area contributed by atoms with Crippen LogP contribution in [0.25, 0.3) is 22.2 Å². The van der Waals surface area contributed by atoms with Gasteiger partial charge >= 0.3 is 0 Å². The lowest BCUT2D eigenvalue weighted by Crippen LogP contribution is -2.16. The van der Waals surface area contributed by atoms with Gasteiger partial charge in [0.05, 0.1) is 4.90 Å². The van der Waals surface area contributed by atoms with Crippen molar-refractivity contribution in [3.8, 4) is 11.3 Å². The summed E-state index contributed by atoms with van der Waals surface area (Å²) < 4.78 is 50.8. The molecule has 6 nitrogen and oxygen atoms in total. The monoisotopic (exact) mass is 469 g/mol. The summed E-state index contributed by atoms with van der Waals surface area (Å²) in [6.07, 6.45) is 0.326. The Kier molecular flexibility index (Phi) is 6.01. The number of carbonyl (C=O) groups excluding carboxylic acids is 1. The molecule has 1 amide bonds. The van der Waals surface area contributed by atoms with E-state index < -0.39 is 15.8 Å². The zero-order valence-corrected chi connectivity index (χ0v) is 18.5. The van der Waals surface area contributed by atoms with E-state index in [0.717, 1.165) is 5.56 Å². The van der Waals surface area contributed by atoms with Crippen LogP contribution in [-0.4, -0.2) is 19.3 Å². The van der Waals surface area contributed by atoms with Gasteiger partial charge in [0.15, 0.2) is 0 Å². The van der Waals surface area contributed by atoms with Gasteiger partial charge in [-0.25, -0.2) is 22.3 Å². The minimum absolute atomic E-state index is 0.0518. The molecular weight excluding hydrogens is 448 g/mol. The Hall–Kier alpha value is -3.56. The lowest BCUT2D eigenvalue weighted by atomic mass is 10.0. The summed E-state index contributed by atoms with van der Waals surface area (Å²) in [6.45, 7) is 1.61. The zero-order chi connectivity index (χ0) is 23.8. The largest absolute Gasteiger partial charge is 0.354 e. The summed E-state index contributed by atoms with van der Waals surface area (Å²) in [4.78, 5) is 15.8. The summed E-state index contributed by atoms with van der Waals surface area (Å²) in [5.41, 5.74) is 3.58. The quantitative estimate of drug-likeness (QED) is 0.383. The molecule has 3 aromatic carbocycles. The van der Waals surface area contributed by atoms with Crippen molar-refractivity contribution in [2.24, 2.45) is 5.14 Å². The number of nitrogens with one attached hydrogen (secondary N) is 2. The second-order valence-electron chi connectivity index (χ2n) is 7.75. The topological polar surface area (TPSA) is 105 Å². The molecule has 1 aromatic heterocycles. The van der Waals surface area contributed by atoms with Crippen molar-refractivity contribution in [1.82, 2.24) is 4.98 Å². The smallest absolute Gasteiger partial charge is 0.238 e. The number of aromatic nitrogens is 1. The molecule has 4 N–H and O–H groups in total. The highest BCUT2D eigenvalue weighted by Gasteiger charge is 2.17. The molecule has 0 fully saturated rings. The number of primary sulfonamides is 1. The first-order valence-corrected chi connectivity index (χ1v) is 11.7. The molecule has 0 saturated heterocycles. The van der Waals surface area contributed by atoms with Crippen molar-refractivity contribution in [1.29, 1.82) is 0 Å². The zero-order valence-electron chi connectivity index (χ0n) is 17.7. The van der Waals surface area contributed by atoms with Crippen molar-refractivity contribution < 1.29 is 22.0 Å². The standard InChI is InChI=1S/C24H21F2N3O3S/c1-14-2-8-18(13-22(14)33(27,31)32)28-23(30)11-9-19-20-12-17(26)7-10-21(20)29-24(19)15-3-5-16(25)6-4-15/h2-8,10,12-13,29H,9,11H2,1H3,(H,28,30)(H2,27,31,32). The number of nitrogens with two attached hydrogens (primary N) is 1. The molecule has 0 saturated carbocycles. The van der Waals surface area contributed by atoms with Crippen LogP contribution in [-0.2, 0) is 21.2 Å². The molecule has 4 rings (SSSR count). The second kappa shape index (κ2) is 8.76. The molecule has 0 aliphatic rings. The molecule has 0 bridgehead atoms. The highest BCUT2D eigenvalue weighted by Crippen LogP contribution is 2.32. The van der Waals surface area contributed by atoms with Crippen LogP contribution in [0.15, 0.2) is 65.6 Å². The molecule has 1 heterocycles. The molecule has 170 valence electrons. The van der Waals surface area contributed by atoms with Crippen molar-refractivity contribution in [3.63, 3.8) is 0 Å². The van der Waals surface area contributed by atoms with Crippen molar-refractivity contribution >= 4 is 32.5 Å². The fourth-order valence-corrected chi connectivity index (χ4v) is 4.60. The minimum atomic E-state index is -3.92. The van der Waals surface area contributed by atoms with Gasteiger partial charge in [-0.05, 0) is 84.6 Å². The second-order valence-corrected chi connectivity index (χ2v) is 9.28. The number of sulfonamides is 1. The van der Waals surface area contributed by atoms with E-state index in [1.807, 2.05) is 0 Å². The highest BCUT2D eigenvalue weighted by atomic mass is 32.2. The van der Waals surface area contributed by atoms with Gasteiger partial charge in [-0.1, -0.05) is 6.07 Å². The number of hydrogen-bond acceptors (Lipinski definition) is 3. The average molecular weight is 470 g/mol. The number of fused-ring (bicyclic) bond motifs is 1. The van der Waals surface area contributed by atoms with E-state index in [2.05, 4.69) is 10.3 Å². The Morgan fingerprint density at radius 1 is 1.00 bits per heavy atom. The average Bonchev–Trinajstić information content (AvgIpc) is 3.11. The number of aromatic amines is 1. The predicted molar refractivity (Wildman–Crippen MR) is 123 cm³/mol. The summed E-state index contributed by atoms with van der Waals surface area (Å²) in [7, 11) is -3.92. The first kappa shape index (κ1) is 22.6. The van der Waals surface area contributed by atoms with E-state index in [1.54, 1.807) is 37.3 Å². The van der Waals surface area contributed by atoms with Gasteiger partial charge in [0.1, 0.15) is 11.6 Å². The lowest BCUT2D eigenvalue weighted by molar-refractivity contribution is -0.116. The van der Waals surface area contributed by atoms with Gasteiger partial charge in [0.25, 0.3) is 0 Å². The van der Waals surface area contributed by atoms with Crippen molar-refractivity contribution in [2.75, 3.05) is 5.32 Å². The molecule has 4 aromatic rings. The van der Waals surface area contributed by atoms with E-state index in [9.17, 15) is 22.0 Å². The van der Waals surface area contributed by atoms with Gasteiger partial charge in [0.2, 0.25) is 15.9 Å². The Bertz CT molecular complexity index is 1460. The van der Waals surface area contributed by atoms with Gasteiger partial charge < -0.3 is 10.3 Å². The summed E-state index contributed by atoms with van der Waals surface area (Å²) in [5, 5.41) is 8.54. The maximum absolute atomic E-state index is 13.9. The third-order valence-electron chi connectivity index (χ3n) is 5.38. The molecule has 0 aliphatic carbocycles. The van der Waals surface area contributed by atoms with Crippen molar-refractivity contribution in [3.05, 3.63) is 83.4 Å². The molecular formula is C24H21F2N3O3S. The van der Waals surface area contributed by atoms with E-state index in [4.69, 9.17) is 5.14 Å². The summed E-state index contributed by atoms with van der Waals surface area (Å²) >= 11 is 0. The number of rotatable bonds is 6.